The van der Waals surface area contributed by atoms with Crippen molar-refractivity contribution in [1.82, 2.24) is 4.72 Å². The lowest BCUT2D eigenvalue weighted by molar-refractivity contribution is 0.102. The van der Waals surface area contributed by atoms with Gasteiger partial charge in [0.15, 0.2) is 0 Å². The van der Waals surface area contributed by atoms with Gasteiger partial charge in [0.25, 0.3) is 5.91 Å². The van der Waals surface area contributed by atoms with Crippen molar-refractivity contribution in [2.24, 2.45) is 0 Å². The second kappa shape index (κ2) is 8.55. The summed E-state index contributed by atoms with van der Waals surface area (Å²) >= 11 is 0. The Labute approximate surface area is 156 Å². The predicted octanol–water partition coefficient (Wildman–Crippen LogP) is 2.84. The van der Waals surface area contributed by atoms with Gasteiger partial charge in [-0.25, -0.2) is 21.9 Å². The third-order valence-corrected chi connectivity index (χ3v) is 5.29. The van der Waals surface area contributed by atoms with Gasteiger partial charge in [0.1, 0.15) is 16.5 Å². The zero-order valence-corrected chi connectivity index (χ0v) is 15.9. The molecule has 2 N–H and O–H groups in total. The minimum atomic E-state index is -4.20. The van der Waals surface area contributed by atoms with Crippen molar-refractivity contribution < 1.29 is 26.7 Å². The van der Waals surface area contributed by atoms with Crippen molar-refractivity contribution in [3.05, 3.63) is 59.2 Å². The van der Waals surface area contributed by atoms with Crippen molar-refractivity contribution in [3.8, 4) is 0 Å². The molecule has 0 spiro atoms. The summed E-state index contributed by atoms with van der Waals surface area (Å²) in [5.41, 5.74) is 0.528. The predicted molar refractivity (Wildman–Crippen MR) is 97.1 cm³/mol. The highest BCUT2D eigenvalue weighted by atomic mass is 32.2. The lowest BCUT2D eigenvalue weighted by Gasteiger charge is -2.14. The number of methoxy groups -OCH3 is 1. The van der Waals surface area contributed by atoms with Gasteiger partial charge in [-0.3, -0.25) is 4.79 Å². The number of hydrogen-bond acceptors (Lipinski definition) is 4. The Morgan fingerprint density at radius 1 is 1.15 bits per heavy atom. The lowest BCUT2D eigenvalue weighted by atomic mass is 10.2. The fourth-order valence-corrected chi connectivity index (χ4v) is 3.67. The Kier molecular flexibility index (Phi) is 6.63. The number of hydrogen-bond donors (Lipinski definition) is 2. The number of ether oxygens (including phenoxy) is 1. The molecule has 0 saturated carbocycles. The van der Waals surface area contributed by atoms with Gasteiger partial charge in [-0.15, -0.1) is 0 Å². The van der Waals surface area contributed by atoms with Gasteiger partial charge in [0, 0.05) is 24.4 Å². The zero-order chi connectivity index (χ0) is 20.2. The highest BCUT2D eigenvalue weighted by Gasteiger charge is 2.23. The second-order valence-electron chi connectivity index (χ2n) is 6.04. The minimum absolute atomic E-state index is 0.0860. The lowest BCUT2D eigenvalue weighted by Crippen LogP contribution is -2.36. The summed E-state index contributed by atoms with van der Waals surface area (Å²) in [6, 6.07) is 6.51. The standard InChI is InChI=1S/C18H20F2N2O4S/c1-11-4-6-14(9-16(11)20)21-18(23)13-5-7-15(19)17(8-13)27(24,25)22-12(2)10-26-3/h4-9,12,22H,10H2,1-3H3,(H,21,23)/t12-/m1/s1. The monoisotopic (exact) mass is 398 g/mol. The van der Waals surface area contributed by atoms with Crippen LogP contribution in [-0.2, 0) is 14.8 Å². The third-order valence-electron chi connectivity index (χ3n) is 3.69. The molecule has 0 fully saturated rings. The summed E-state index contributed by atoms with van der Waals surface area (Å²) in [5.74, 6) is -2.18. The molecule has 146 valence electrons. The van der Waals surface area contributed by atoms with E-state index in [0.717, 1.165) is 24.3 Å². The summed E-state index contributed by atoms with van der Waals surface area (Å²) < 4.78 is 59.5. The van der Waals surface area contributed by atoms with Crippen LogP contribution in [0.1, 0.15) is 22.8 Å². The maximum absolute atomic E-state index is 14.1. The first kappa shape index (κ1) is 20.9. The molecule has 2 aromatic carbocycles. The highest BCUT2D eigenvalue weighted by molar-refractivity contribution is 7.89. The van der Waals surface area contributed by atoms with E-state index in [9.17, 15) is 22.0 Å². The fraction of sp³-hybridized carbons (Fsp3) is 0.278. The van der Waals surface area contributed by atoms with E-state index >= 15 is 0 Å². The van der Waals surface area contributed by atoms with Crippen molar-refractivity contribution in [2.45, 2.75) is 24.8 Å². The van der Waals surface area contributed by atoms with E-state index in [1.165, 1.54) is 19.2 Å². The molecule has 1 atom stereocenters. The molecule has 0 aromatic heterocycles. The van der Waals surface area contributed by atoms with Gasteiger partial charge in [0.2, 0.25) is 10.0 Å². The molecule has 0 bridgehead atoms. The van der Waals surface area contributed by atoms with Gasteiger partial charge in [-0.05, 0) is 49.7 Å². The first-order valence-corrected chi connectivity index (χ1v) is 9.50. The topological polar surface area (TPSA) is 84.5 Å². The SMILES string of the molecule is COC[C@@H](C)NS(=O)(=O)c1cc(C(=O)Nc2ccc(C)c(F)c2)ccc1F. The molecule has 27 heavy (non-hydrogen) atoms. The molecular weight excluding hydrogens is 378 g/mol. The van der Waals surface area contributed by atoms with Gasteiger partial charge < -0.3 is 10.1 Å². The van der Waals surface area contributed by atoms with Crippen LogP contribution >= 0.6 is 0 Å². The number of sulfonamides is 1. The zero-order valence-electron chi connectivity index (χ0n) is 15.0. The third kappa shape index (κ3) is 5.31. The Hall–Kier alpha value is -2.36. The Bertz CT molecular complexity index is 948. The van der Waals surface area contributed by atoms with Crippen molar-refractivity contribution >= 4 is 21.6 Å². The average molecular weight is 398 g/mol. The quantitative estimate of drug-likeness (QED) is 0.751. The normalized spacial score (nSPS) is 12.6. The van der Waals surface area contributed by atoms with Gasteiger partial charge >= 0.3 is 0 Å². The Morgan fingerprint density at radius 3 is 2.48 bits per heavy atom. The van der Waals surface area contributed by atoms with E-state index in [4.69, 9.17) is 4.74 Å². The maximum Gasteiger partial charge on any atom is 0.255 e. The van der Waals surface area contributed by atoms with Crippen LogP contribution in [0.2, 0.25) is 0 Å². The number of halogens is 2. The highest BCUT2D eigenvalue weighted by Crippen LogP contribution is 2.19. The van der Waals surface area contributed by atoms with Crippen LogP contribution in [0.5, 0.6) is 0 Å². The molecule has 0 aliphatic rings. The molecule has 1 amide bonds. The Balaban J connectivity index is 2.27. The van der Waals surface area contributed by atoms with Crippen LogP contribution in [0.3, 0.4) is 0 Å². The van der Waals surface area contributed by atoms with E-state index in [1.54, 1.807) is 13.8 Å². The molecule has 0 unspecified atom stereocenters. The maximum atomic E-state index is 14.1. The molecule has 0 saturated heterocycles. The van der Waals surface area contributed by atoms with Crippen LogP contribution in [0, 0.1) is 18.6 Å². The molecular formula is C18H20F2N2O4S. The summed E-state index contributed by atoms with van der Waals surface area (Å²) in [6.07, 6.45) is 0. The van der Waals surface area contributed by atoms with E-state index in [1.807, 2.05) is 0 Å². The first-order chi connectivity index (χ1) is 12.6. The van der Waals surface area contributed by atoms with Crippen LogP contribution < -0.4 is 10.0 Å². The molecule has 0 aliphatic carbocycles. The summed E-state index contributed by atoms with van der Waals surface area (Å²) in [5, 5.41) is 2.45. The van der Waals surface area contributed by atoms with E-state index in [2.05, 4.69) is 10.0 Å². The molecule has 0 radical (unpaired) electrons. The van der Waals surface area contributed by atoms with Crippen LogP contribution in [0.15, 0.2) is 41.3 Å². The number of anilines is 1. The van der Waals surface area contributed by atoms with Crippen molar-refractivity contribution in [3.63, 3.8) is 0 Å². The fourth-order valence-electron chi connectivity index (χ4n) is 2.34. The number of carbonyl (C=O) groups excluding carboxylic acids is 1. The molecule has 0 aliphatic heterocycles. The van der Waals surface area contributed by atoms with Crippen LogP contribution in [0.4, 0.5) is 14.5 Å². The van der Waals surface area contributed by atoms with Crippen LogP contribution in [0.25, 0.3) is 0 Å². The van der Waals surface area contributed by atoms with Crippen molar-refractivity contribution in [2.75, 3.05) is 19.0 Å². The average Bonchev–Trinajstić information content (AvgIpc) is 2.58. The molecule has 0 heterocycles. The van der Waals surface area contributed by atoms with Gasteiger partial charge in [-0.1, -0.05) is 6.07 Å². The molecule has 9 heteroatoms. The molecule has 2 aromatic rings. The van der Waals surface area contributed by atoms with Gasteiger partial charge in [-0.2, -0.15) is 0 Å². The van der Waals surface area contributed by atoms with E-state index in [0.29, 0.717) is 5.56 Å². The largest absolute Gasteiger partial charge is 0.383 e. The molecule has 2 rings (SSSR count). The first-order valence-electron chi connectivity index (χ1n) is 8.02. The van der Waals surface area contributed by atoms with Crippen LogP contribution in [-0.4, -0.2) is 34.1 Å². The number of nitrogens with one attached hydrogen (secondary N) is 2. The summed E-state index contributed by atoms with van der Waals surface area (Å²) in [4.78, 5) is 11.7. The van der Waals surface area contributed by atoms with E-state index < -0.39 is 38.5 Å². The van der Waals surface area contributed by atoms with E-state index in [-0.39, 0.29) is 17.9 Å². The number of rotatable bonds is 7. The summed E-state index contributed by atoms with van der Waals surface area (Å²) in [6.45, 7) is 3.23. The Morgan fingerprint density at radius 2 is 1.85 bits per heavy atom. The van der Waals surface area contributed by atoms with Gasteiger partial charge in [0.05, 0.1) is 6.61 Å². The molecule has 6 nitrogen and oxygen atoms in total. The minimum Gasteiger partial charge on any atom is -0.383 e. The number of aryl methyl sites for hydroxylation is 1. The number of benzene rings is 2. The smallest absolute Gasteiger partial charge is 0.255 e. The second-order valence-corrected chi connectivity index (χ2v) is 7.72. The number of carbonyl (C=O) groups is 1. The van der Waals surface area contributed by atoms with Crippen molar-refractivity contribution in [1.29, 1.82) is 0 Å². The number of amides is 1. The summed E-state index contributed by atoms with van der Waals surface area (Å²) in [7, 11) is -2.79.